The number of fused-ring (bicyclic) bond motifs is 1. The van der Waals surface area contributed by atoms with Crippen LogP contribution in [0.25, 0.3) is 22.3 Å². The maximum absolute atomic E-state index is 13.3. The van der Waals surface area contributed by atoms with Gasteiger partial charge in [-0.15, -0.1) is 0 Å². The molecule has 11 heteroatoms. The number of aryl methyl sites for hydroxylation is 3. The van der Waals surface area contributed by atoms with Gasteiger partial charge in [0.15, 0.2) is 5.65 Å². The summed E-state index contributed by atoms with van der Waals surface area (Å²) in [5, 5.41) is 0. The number of sulfonamides is 1. The second-order valence-electron chi connectivity index (χ2n) is 10.6. The first-order valence-corrected chi connectivity index (χ1v) is 15.6. The van der Waals surface area contributed by atoms with Gasteiger partial charge in [0.05, 0.1) is 24.7 Å². The fourth-order valence-corrected chi connectivity index (χ4v) is 6.56. The van der Waals surface area contributed by atoms with Gasteiger partial charge in [0.1, 0.15) is 17.9 Å². The van der Waals surface area contributed by atoms with Crippen molar-refractivity contribution in [3.8, 4) is 11.1 Å². The Morgan fingerprint density at radius 2 is 1.71 bits per heavy atom. The molecule has 1 saturated heterocycles. The number of imidazole rings is 1. The van der Waals surface area contributed by atoms with Crippen LogP contribution in [0.4, 0.5) is 0 Å². The molecule has 1 N–H and O–H groups in total. The molecule has 1 aliphatic heterocycles. The van der Waals surface area contributed by atoms with E-state index in [1.165, 1.54) is 7.11 Å². The van der Waals surface area contributed by atoms with E-state index in [-0.39, 0.29) is 11.5 Å². The van der Waals surface area contributed by atoms with E-state index in [4.69, 9.17) is 19.4 Å². The van der Waals surface area contributed by atoms with Crippen LogP contribution in [0.2, 0.25) is 0 Å². The molecule has 1 amide bonds. The van der Waals surface area contributed by atoms with Gasteiger partial charge in [-0.3, -0.25) is 9.69 Å². The van der Waals surface area contributed by atoms with Crippen molar-refractivity contribution in [3.05, 3.63) is 76.7 Å². The van der Waals surface area contributed by atoms with E-state index in [1.54, 1.807) is 12.1 Å². The predicted molar refractivity (Wildman–Crippen MR) is 161 cm³/mol. The Morgan fingerprint density at radius 3 is 2.40 bits per heavy atom. The Morgan fingerprint density at radius 1 is 1.00 bits per heavy atom. The molecule has 3 heterocycles. The molecule has 0 radical (unpaired) electrons. The molecule has 10 nitrogen and oxygen atoms in total. The zero-order valence-electron chi connectivity index (χ0n) is 24.5. The number of ether oxygens (including phenoxy) is 2. The Kier molecular flexibility index (Phi) is 9.02. The summed E-state index contributed by atoms with van der Waals surface area (Å²) >= 11 is 0. The standard InChI is InChI=1S/C31H37N5O5S/c1-5-28-33-30-21(2)16-22(3)32-31(30)36(28)19-23-6-9-25(10-7-23)26-17-24(18-35-12-14-41-15-13-35)8-11-27(26)42(38,39)34-29(37)20-40-4/h6-11,16-17H,5,12-15,18-20H2,1-4H3,(H,34,37). The van der Waals surface area contributed by atoms with Crippen LogP contribution in [0.15, 0.2) is 53.4 Å². The first-order valence-electron chi connectivity index (χ1n) is 14.1. The summed E-state index contributed by atoms with van der Waals surface area (Å²) in [6, 6.07) is 15.2. The molecular weight excluding hydrogens is 554 g/mol. The third kappa shape index (κ3) is 6.54. The van der Waals surface area contributed by atoms with E-state index in [2.05, 4.69) is 28.0 Å². The molecule has 42 heavy (non-hydrogen) atoms. The number of carbonyl (C=O) groups is 1. The number of nitrogens with one attached hydrogen (secondary N) is 1. The van der Waals surface area contributed by atoms with Crippen molar-refractivity contribution in [1.82, 2.24) is 24.2 Å². The lowest BCUT2D eigenvalue weighted by Crippen LogP contribution is -2.35. The summed E-state index contributed by atoms with van der Waals surface area (Å²) in [4.78, 5) is 24.1. The number of methoxy groups -OCH3 is 1. The van der Waals surface area contributed by atoms with Gasteiger partial charge in [-0.2, -0.15) is 0 Å². The molecule has 1 aliphatic rings. The summed E-state index contributed by atoms with van der Waals surface area (Å²) in [5.41, 5.74) is 7.11. The number of carbonyl (C=O) groups excluding carboxylic acids is 1. The molecule has 0 atom stereocenters. The van der Waals surface area contributed by atoms with Crippen molar-refractivity contribution in [2.75, 3.05) is 40.0 Å². The largest absolute Gasteiger partial charge is 0.379 e. The molecule has 0 saturated carbocycles. The summed E-state index contributed by atoms with van der Waals surface area (Å²) in [6.45, 7) is 10.0. The van der Waals surface area contributed by atoms with E-state index < -0.39 is 15.9 Å². The number of hydrogen-bond acceptors (Lipinski definition) is 8. The third-order valence-electron chi connectivity index (χ3n) is 7.39. The summed E-state index contributed by atoms with van der Waals surface area (Å²) in [7, 11) is -2.80. The maximum atomic E-state index is 13.3. The van der Waals surface area contributed by atoms with Crippen molar-refractivity contribution in [2.24, 2.45) is 0 Å². The number of hydrogen-bond donors (Lipinski definition) is 1. The second-order valence-corrected chi connectivity index (χ2v) is 12.2. The van der Waals surface area contributed by atoms with Crippen molar-refractivity contribution in [2.45, 2.75) is 45.2 Å². The topological polar surface area (TPSA) is 116 Å². The molecule has 0 bridgehead atoms. The quantitative estimate of drug-likeness (QED) is 0.298. The van der Waals surface area contributed by atoms with Crippen molar-refractivity contribution >= 4 is 27.1 Å². The average Bonchev–Trinajstić information content (AvgIpc) is 3.31. The Hall–Kier alpha value is -3.64. The Bertz CT molecular complexity index is 1690. The first-order chi connectivity index (χ1) is 20.2. The van der Waals surface area contributed by atoms with Crippen LogP contribution < -0.4 is 4.72 Å². The molecule has 5 rings (SSSR count). The fraction of sp³-hybridized carbons (Fsp3) is 0.387. The number of nitrogens with zero attached hydrogens (tertiary/aromatic N) is 4. The SMILES string of the molecule is CCc1nc2c(C)cc(C)nc2n1Cc1ccc(-c2cc(CN3CCOCC3)ccc2S(=O)(=O)NC(=O)COC)cc1. The molecule has 0 aliphatic carbocycles. The third-order valence-corrected chi connectivity index (χ3v) is 8.82. The maximum Gasteiger partial charge on any atom is 0.264 e. The van der Waals surface area contributed by atoms with Crippen molar-refractivity contribution < 1.29 is 22.7 Å². The molecule has 0 spiro atoms. The normalized spacial score (nSPS) is 14.4. The van der Waals surface area contributed by atoms with Gasteiger partial charge in [0, 0.05) is 44.4 Å². The zero-order chi connectivity index (χ0) is 29.9. The molecule has 2 aromatic heterocycles. The van der Waals surface area contributed by atoms with Gasteiger partial charge >= 0.3 is 0 Å². The van der Waals surface area contributed by atoms with E-state index in [0.29, 0.717) is 31.9 Å². The molecule has 1 fully saturated rings. The van der Waals surface area contributed by atoms with Gasteiger partial charge < -0.3 is 14.0 Å². The molecule has 4 aromatic rings. The van der Waals surface area contributed by atoms with Gasteiger partial charge in [-0.25, -0.2) is 23.1 Å². The highest BCUT2D eigenvalue weighted by molar-refractivity contribution is 7.90. The number of amides is 1. The number of morpholine rings is 1. The van der Waals surface area contributed by atoms with Gasteiger partial charge in [0.2, 0.25) is 0 Å². The Balaban J connectivity index is 1.49. The summed E-state index contributed by atoms with van der Waals surface area (Å²) in [6.07, 6.45) is 0.777. The van der Waals surface area contributed by atoms with E-state index in [0.717, 1.165) is 64.4 Å². The second kappa shape index (κ2) is 12.7. The van der Waals surface area contributed by atoms with Crippen LogP contribution in [0.3, 0.4) is 0 Å². The van der Waals surface area contributed by atoms with Crippen LogP contribution in [0.1, 0.15) is 35.1 Å². The first kappa shape index (κ1) is 29.8. The van der Waals surface area contributed by atoms with E-state index in [1.807, 2.05) is 43.3 Å². The molecule has 0 unspecified atom stereocenters. The summed E-state index contributed by atoms with van der Waals surface area (Å²) < 4.78 is 41.2. The smallest absolute Gasteiger partial charge is 0.264 e. The van der Waals surface area contributed by atoms with E-state index in [9.17, 15) is 13.2 Å². The van der Waals surface area contributed by atoms with Gasteiger partial charge in [0.25, 0.3) is 15.9 Å². The number of pyridine rings is 1. The number of aromatic nitrogens is 3. The zero-order valence-corrected chi connectivity index (χ0v) is 25.3. The van der Waals surface area contributed by atoms with Crippen LogP contribution >= 0.6 is 0 Å². The highest BCUT2D eigenvalue weighted by Crippen LogP contribution is 2.30. The fourth-order valence-electron chi connectivity index (χ4n) is 5.37. The minimum Gasteiger partial charge on any atom is -0.379 e. The number of benzene rings is 2. The monoisotopic (exact) mass is 591 g/mol. The van der Waals surface area contributed by atoms with Crippen molar-refractivity contribution in [1.29, 1.82) is 0 Å². The lowest BCUT2D eigenvalue weighted by molar-refractivity contribution is -0.122. The molecule has 2 aromatic carbocycles. The lowest BCUT2D eigenvalue weighted by Gasteiger charge is -2.27. The van der Waals surface area contributed by atoms with Crippen LogP contribution in [0, 0.1) is 13.8 Å². The predicted octanol–water partition coefficient (Wildman–Crippen LogP) is 3.61. The minimum absolute atomic E-state index is 0.0365. The molecule has 222 valence electrons. The molecular formula is C31H37N5O5S. The highest BCUT2D eigenvalue weighted by atomic mass is 32.2. The van der Waals surface area contributed by atoms with Crippen molar-refractivity contribution in [3.63, 3.8) is 0 Å². The Labute approximate surface area is 246 Å². The van der Waals surface area contributed by atoms with Crippen LogP contribution in [-0.2, 0) is 43.8 Å². The highest BCUT2D eigenvalue weighted by Gasteiger charge is 2.23. The van der Waals surface area contributed by atoms with Gasteiger partial charge in [-0.1, -0.05) is 37.3 Å². The summed E-state index contributed by atoms with van der Waals surface area (Å²) in [5.74, 6) is 0.237. The number of rotatable bonds is 10. The minimum atomic E-state index is -4.14. The van der Waals surface area contributed by atoms with Gasteiger partial charge in [-0.05, 0) is 54.3 Å². The van der Waals surface area contributed by atoms with Crippen LogP contribution in [-0.4, -0.2) is 73.8 Å². The average molecular weight is 592 g/mol. The van der Waals surface area contributed by atoms with E-state index >= 15 is 0 Å². The van der Waals surface area contributed by atoms with Crippen LogP contribution in [0.5, 0.6) is 0 Å². The lowest BCUT2D eigenvalue weighted by atomic mass is 10.0.